The summed E-state index contributed by atoms with van der Waals surface area (Å²) in [7, 11) is -3.89. The van der Waals surface area contributed by atoms with Gasteiger partial charge in [-0.15, -0.1) is 0 Å². The minimum Gasteiger partial charge on any atom is -0.356 e. The van der Waals surface area contributed by atoms with Crippen LogP contribution in [0.5, 0.6) is 0 Å². The van der Waals surface area contributed by atoms with Crippen molar-refractivity contribution in [3.63, 3.8) is 0 Å². The van der Waals surface area contributed by atoms with Gasteiger partial charge < -0.3 is 10.2 Å². The van der Waals surface area contributed by atoms with Crippen LogP contribution in [-0.2, 0) is 10.0 Å². The molecule has 0 bridgehead atoms. The zero-order valence-corrected chi connectivity index (χ0v) is 14.3. The van der Waals surface area contributed by atoms with Crippen LogP contribution < -0.4 is 15.4 Å². The number of benzene rings is 1. The maximum Gasteiger partial charge on any atom is 0.432 e. The van der Waals surface area contributed by atoms with Gasteiger partial charge in [-0.25, -0.2) is 13.6 Å². The topological polar surface area (TPSA) is 88.3 Å². The van der Waals surface area contributed by atoms with Crippen molar-refractivity contribution in [2.24, 2.45) is 5.14 Å². The van der Waals surface area contributed by atoms with E-state index in [1.165, 1.54) is 35.4 Å². The maximum absolute atomic E-state index is 13.2. The molecular formula is C16H15F3N4O2S. The van der Waals surface area contributed by atoms with Crippen molar-refractivity contribution >= 4 is 15.7 Å². The third-order valence-corrected chi connectivity index (χ3v) is 4.75. The van der Waals surface area contributed by atoms with Crippen LogP contribution in [0.15, 0.2) is 59.5 Å². The number of anilines is 1. The molecule has 1 aromatic carbocycles. The van der Waals surface area contributed by atoms with Gasteiger partial charge in [0.2, 0.25) is 10.0 Å². The molecule has 3 N–H and O–H groups in total. The third-order valence-electron chi connectivity index (χ3n) is 3.82. The number of nitrogens with two attached hydrogens (primary N) is 1. The summed E-state index contributed by atoms with van der Waals surface area (Å²) >= 11 is 0. The van der Waals surface area contributed by atoms with E-state index in [0.717, 1.165) is 11.8 Å². The van der Waals surface area contributed by atoms with Crippen LogP contribution in [0, 0.1) is 6.92 Å². The van der Waals surface area contributed by atoms with E-state index in [2.05, 4.69) is 10.3 Å². The van der Waals surface area contributed by atoms with Crippen molar-refractivity contribution in [2.75, 3.05) is 4.90 Å². The number of nitrogens with zero attached hydrogens (tertiary/aromatic N) is 2. The Morgan fingerprint density at radius 2 is 1.85 bits per heavy atom. The van der Waals surface area contributed by atoms with Gasteiger partial charge in [0.05, 0.1) is 4.90 Å². The maximum atomic E-state index is 13.2. The van der Waals surface area contributed by atoms with Gasteiger partial charge in [0.15, 0.2) is 0 Å². The van der Waals surface area contributed by atoms with Crippen LogP contribution in [0.3, 0.4) is 0 Å². The molecule has 0 aliphatic carbocycles. The van der Waals surface area contributed by atoms with Crippen LogP contribution in [0.4, 0.5) is 18.9 Å². The SMILES string of the molecule is Cc1cncc(C2NC(C(F)(F)F)=CN2c2ccc(S(N)(=O)=O)cc2)c1. The summed E-state index contributed by atoms with van der Waals surface area (Å²) < 4.78 is 62.2. The van der Waals surface area contributed by atoms with Crippen molar-refractivity contribution in [3.8, 4) is 0 Å². The normalized spacial score (nSPS) is 17.8. The molecular weight excluding hydrogens is 369 g/mol. The molecule has 1 aromatic heterocycles. The largest absolute Gasteiger partial charge is 0.432 e. The summed E-state index contributed by atoms with van der Waals surface area (Å²) in [4.78, 5) is 5.27. The first-order valence-corrected chi connectivity index (χ1v) is 8.98. The van der Waals surface area contributed by atoms with Gasteiger partial charge in [-0.3, -0.25) is 4.98 Å². The Morgan fingerprint density at radius 3 is 2.38 bits per heavy atom. The molecule has 0 spiro atoms. The minimum atomic E-state index is -4.55. The average molecular weight is 384 g/mol. The van der Waals surface area contributed by atoms with Crippen LogP contribution in [-0.4, -0.2) is 19.6 Å². The highest BCUT2D eigenvalue weighted by molar-refractivity contribution is 7.89. The molecule has 0 radical (unpaired) electrons. The zero-order valence-electron chi connectivity index (χ0n) is 13.5. The lowest BCUT2D eigenvalue weighted by Gasteiger charge is -2.26. The van der Waals surface area contributed by atoms with Gasteiger partial charge in [0, 0.05) is 29.8 Å². The standard InChI is InChI=1S/C16H15F3N4O2S/c1-10-6-11(8-21-7-10)15-22-14(16(17,18)19)9-23(15)12-2-4-13(5-3-12)26(20,24)25/h2-9,15,22H,1H3,(H2,20,24,25). The lowest BCUT2D eigenvalue weighted by atomic mass is 10.1. The predicted molar refractivity (Wildman–Crippen MR) is 89.3 cm³/mol. The van der Waals surface area contributed by atoms with Gasteiger partial charge >= 0.3 is 6.18 Å². The molecule has 1 aliphatic heterocycles. The Kier molecular flexibility index (Phi) is 4.41. The quantitative estimate of drug-likeness (QED) is 0.849. The number of primary sulfonamides is 1. The molecule has 2 aromatic rings. The second-order valence-electron chi connectivity index (χ2n) is 5.83. The fourth-order valence-corrected chi connectivity index (χ4v) is 3.14. The van der Waals surface area contributed by atoms with Gasteiger partial charge in [-0.05, 0) is 42.8 Å². The van der Waals surface area contributed by atoms with Crippen molar-refractivity contribution < 1.29 is 21.6 Å². The summed E-state index contributed by atoms with van der Waals surface area (Å²) in [6, 6.07) is 7.01. The molecule has 0 amide bonds. The van der Waals surface area contributed by atoms with Gasteiger partial charge in [0.1, 0.15) is 11.9 Å². The summed E-state index contributed by atoms with van der Waals surface area (Å²) in [5.41, 5.74) is 0.806. The highest BCUT2D eigenvalue weighted by atomic mass is 32.2. The number of alkyl halides is 3. The number of hydrogen-bond donors (Lipinski definition) is 2. The zero-order chi connectivity index (χ0) is 19.1. The molecule has 0 fully saturated rings. The second-order valence-corrected chi connectivity index (χ2v) is 7.39. The molecule has 3 rings (SSSR count). The van der Waals surface area contributed by atoms with Crippen LogP contribution in [0.2, 0.25) is 0 Å². The third kappa shape index (κ3) is 3.65. The first-order valence-electron chi connectivity index (χ1n) is 7.44. The molecule has 1 aliphatic rings. The van der Waals surface area contributed by atoms with Crippen LogP contribution in [0.25, 0.3) is 0 Å². The first-order chi connectivity index (χ1) is 12.1. The highest BCUT2D eigenvalue weighted by Gasteiger charge is 2.41. The van der Waals surface area contributed by atoms with Crippen molar-refractivity contribution in [3.05, 3.63) is 65.7 Å². The van der Waals surface area contributed by atoms with E-state index in [1.807, 2.05) is 0 Å². The highest BCUT2D eigenvalue weighted by Crippen LogP contribution is 2.37. The fourth-order valence-electron chi connectivity index (χ4n) is 2.63. The molecule has 6 nitrogen and oxygen atoms in total. The number of aromatic nitrogens is 1. The lowest BCUT2D eigenvalue weighted by molar-refractivity contribution is -0.0963. The summed E-state index contributed by atoms with van der Waals surface area (Å²) in [5, 5.41) is 7.50. The van der Waals surface area contributed by atoms with Crippen molar-refractivity contribution in [1.82, 2.24) is 10.3 Å². The Balaban J connectivity index is 2.03. The Labute approximate surface area is 148 Å². The number of hydrogen-bond acceptors (Lipinski definition) is 5. The molecule has 2 heterocycles. The van der Waals surface area contributed by atoms with E-state index < -0.39 is 28.1 Å². The van der Waals surface area contributed by atoms with E-state index in [9.17, 15) is 21.6 Å². The number of rotatable bonds is 3. The number of sulfonamides is 1. The smallest absolute Gasteiger partial charge is 0.356 e. The molecule has 0 saturated heterocycles. The Bertz CT molecular complexity index is 956. The van der Waals surface area contributed by atoms with Crippen LogP contribution >= 0.6 is 0 Å². The Morgan fingerprint density at radius 1 is 1.19 bits per heavy atom. The first kappa shape index (κ1) is 18.2. The van der Waals surface area contributed by atoms with Gasteiger partial charge in [0.25, 0.3) is 0 Å². The molecule has 0 saturated carbocycles. The van der Waals surface area contributed by atoms with E-state index in [0.29, 0.717) is 11.3 Å². The summed E-state index contributed by atoms with van der Waals surface area (Å²) in [5.74, 6) is 0. The van der Waals surface area contributed by atoms with Gasteiger partial charge in [-0.1, -0.05) is 0 Å². The summed E-state index contributed by atoms with van der Waals surface area (Å²) in [6.07, 6.45) is -1.37. The number of allylic oxidation sites excluding steroid dienone is 1. The molecule has 138 valence electrons. The van der Waals surface area contributed by atoms with E-state index in [-0.39, 0.29) is 4.90 Å². The van der Waals surface area contributed by atoms with E-state index >= 15 is 0 Å². The predicted octanol–water partition coefficient (Wildman–Crippen LogP) is 2.55. The van der Waals surface area contributed by atoms with E-state index in [4.69, 9.17) is 5.14 Å². The van der Waals surface area contributed by atoms with E-state index in [1.54, 1.807) is 19.2 Å². The lowest BCUT2D eigenvalue weighted by Crippen LogP contribution is -2.30. The van der Waals surface area contributed by atoms with Crippen molar-refractivity contribution in [2.45, 2.75) is 24.2 Å². The summed E-state index contributed by atoms with van der Waals surface area (Å²) in [6.45, 7) is 1.79. The minimum absolute atomic E-state index is 0.123. The molecule has 1 atom stereocenters. The molecule has 1 unspecified atom stereocenters. The number of nitrogens with one attached hydrogen (secondary N) is 1. The number of aryl methyl sites for hydroxylation is 1. The van der Waals surface area contributed by atoms with Gasteiger partial charge in [-0.2, -0.15) is 13.2 Å². The number of halogens is 3. The van der Waals surface area contributed by atoms with Crippen molar-refractivity contribution in [1.29, 1.82) is 0 Å². The fraction of sp³-hybridized carbons (Fsp3) is 0.188. The Hall–Kier alpha value is -2.59. The second kappa shape index (κ2) is 6.29. The monoisotopic (exact) mass is 384 g/mol. The average Bonchev–Trinajstić information content (AvgIpc) is 3.00. The molecule has 26 heavy (non-hydrogen) atoms. The van der Waals surface area contributed by atoms with Crippen LogP contribution in [0.1, 0.15) is 17.3 Å². The molecule has 10 heteroatoms. The number of pyridine rings is 1.